The minimum Gasteiger partial charge on any atom is -0.453 e. The summed E-state index contributed by atoms with van der Waals surface area (Å²) in [5, 5.41) is 8.03. The van der Waals surface area contributed by atoms with Gasteiger partial charge < -0.3 is 35.2 Å². The van der Waals surface area contributed by atoms with Crippen LogP contribution in [0.3, 0.4) is 0 Å². The van der Waals surface area contributed by atoms with E-state index in [0.717, 1.165) is 41.1 Å². The standard InChI is InChI=1S/C43H53N7O10S/c1-25(2)35(46-41(55)59-4)39(53)50-24-43(16-19-61(57,58)20-17-43)21-33(50)38(52)44-22-34(51)30-14-10-28(11-15-30)27-8-12-29(13-9-27)31-23-49-26(3)36(47-42(56)60-5)40(54)48-18-6-7-32(48)37(49)45-31/h8-15,23,25-26,32-33,35-36H,6-7,16-22,24H2,1-5H3,(H3,44,46,47,52,55,56)/p+1. The van der Waals surface area contributed by atoms with Crippen LogP contribution in [-0.2, 0) is 33.7 Å². The Kier molecular flexibility index (Phi) is 12.3. The van der Waals surface area contributed by atoms with Crippen molar-refractivity contribution in [2.24, 2.45) is 11.3 Å². The third-order valence-corrected chi connectivity index (χ3v) is 14.5. The molecule has 5 heterocycles. The average Bonchev–Trinajstić information content (AvgIpc) is 4.01. The van der Waals surface area contributed by atoms with Crippen LogP contribution in [0, 0.1) is 11.3 Å². The predicted octanol–water partition coefficient (Wildman–Crippen LogP) is 3.07. The number of hydrogen-bond donors (Lipinski definition) is 4. The Bertz CT molecular complexity index is 2300. The maximum atomic E-state index is 13.9. The van der Waals surface area contributed by atoms with E-state index in [1.54, 1.807) is 26.0 Å². The molecule has 1 aromatic heterocycles. The highest BCUT2D eigenvalue weighted by atomic mass is 32.2. The molecule has 0 aliphatic carbocycles. The normalized spacial score (nSPS) is 23.1. The number of rotatable bonds is 10. The largest absolute Gasteiger partial charge is 0.453 e. The van der Waals surface area contributed by atoms with Crippen molar-refractivity contribution in [3.8, 4) is 22.4 Å². The molecule has 5 unspecified atom stereocenters. The molecule has 61 heavy (non-hydrogen) atoms. The zero-order valence-corrected chi connectivity index (χ0v) is 35.9. The Morgan fingerprint density at radius 2 is 1.56 bits per heavy atom. The van der Waals surface area contributed by atoms with Crippen molar-refractivity contribution in [1.29, 1.82) is 0 Å². The predicted molar refractivity (Wildman–Crippen MR) is 222 cm³/mol. The number of aromatic nitrogens is 2. The quantitative estimate of drug-likeness (QED) is 0.173. The summed E-state index contributed by atoms with van der Waals surface area (Å²) in [6.45, 7) is 5.88. The van der Waals surface area contributed by atoms with Gasteiger partial charge in [0.2, 0.25) is 17.7 Å². The number of sulfone groups is 1. The summed E-state index contributed by atoms with van der Waals surface area (Å²) in [4.78, 5) is 85.7. The number of nitrogens with zero attached hydrogens (tertiary/aromatic N) is 3. The van der Waals surface area contributed by atoms with Gasteiger partial charge in [0.15, 0.2) is 17.5 Å². The van der Waals surface area contributed by atoms with Crippen molar-refractivity contribution in [3.05, 3.63) is 66.1 Å². The van der Waals surface area contributed by atoms with Crippen molar-refractivity contribution >= 4 is 45.5 Å². The van der Waals surface area contributed by atoms with Crippen molar-refractivity contribution in [3.63, 3.8) is 0 Å². The minimum atomic E-state index is -3.22. The van der Waals surface area contributed by atoms with Gasteiger partial charge in [-0.2, -0.15) is 0 Å². The van der Waals surface area contributed by atoms with Crippen molar-refractivity contribution in [2.75, 3.05) is 45.4 Å². The molecule has 3 aromatic rings. The second-order valence-electron chi connectivity index (χ2n) is 17.0. The van der Waals surface area contributed by atoms with Crippen LogP contribution in [0.15, 0.2) is 54.7 Å². The smallest absolute Gasteiger partial charge is 0.407 e. The number of ketones is 1. The lowest BCUT2D eigenvalue weighted by molar-refractivity contribution is -0.726. The highest BCUT2D eigenvalue weighted by Gasteiger charge is 2.52. The Hall–Kier alpha value is -5.78. The first kappa shape index (κ1) is 43.3. The fourth-order valence-corrected chi connectivity index (χ4v) is 10.9. The van der Waals surface area contributed by atoms with Gasteiger partial charge in [-0.15, -0.1) is 0 Å². The molecular weight excluding hydrogens is 807 g/mol. The summed E-state index contributed by atoms with van der Waals surface area (Å²) in [6, 6.07) is 11.7. The number of ether oxygens (including phenoxy) is 2. The summed E-state index contributed by atoms with van der Waals surface area (Å²) in [6.07, 6.45) is 3.04. The second-order valence-corrected chi connectivity index (χ2v) is 19.3. The van der Waals surface area contributed by atoms with Crippen molar-refractivity contribution in [1.82, 2.24) is 30.7 Å². The SMILES string of the molecule is COC(=O)NC(C(=O)N1CC2(CCS(=O)(=O)CC2)CC1C(=O)NCC(=O)c1ccc(-c2ccc(-c3c[n+]4c([nH]3)C3CCCN3C(=O)C(NC(=O)OC)C4C)cc2)cc1)C(C)C. The Morgan fingerprint density at radius 1 is 0.934 bits per heavy atom. The third kappa shape index (κ3) is 8.85. The van der Waals surface area contributed by atoms with E-state index in [4.69, 9.17) is 9.47 Å². The molecule has 326 valence electrons. The van der Waals surface area contributed by atoms with Gasteiger partial charge in [-0.25, -0.2) is 27.6 Å². The molecule has 0 radical (unpaired) electrons. The number of carbonyl (C=O) groups excluding carboxylic acids is 6. The zero-order chi connectivity index (χ0) is 43.8. The number of Topliss-reactive ketones (excluding diaryl/α,β-unsaturated/α-hetero) is 1. The number of H-pyrrole nitrogens is 1. The molecular formula is C43H54N7O10S+. The molecule has 3 fully saturated rings. The number of likely N-dealkylation sites (tertiary alicyclic amines) is 1. The van der Waals surface area contributed by atoms with Crippen molar-refractivity contribution < 1.29 is 51.2 Å². The van der Waals surface area contributed by atoms with Gasteiger partial charge in [0.1, 0.15) is 40.2 Å². The Labute approximate surface area is 354 Å². The van der Waals surface area contributed by atoms with Crippen LogP contribution in [0.2, 0.25) is 0 Å². The highest BCUT2D eigenvalue weighted by molar-refractivity contribution is 7.91. The molecule has 17 nitrogen and oxygen atoms in total. The lowest BCUT2D eigenvalue weighted by Gasteiger charge is -2.33. The van der Waals surface area contributed by atoms with Gasteiger partial charge in [-0.05, 0) is 73.6 Å². The van der Waals surface area contributed by atoms with Crippen LogP contribution < -0.4 is 20.5 Å². The summed E-state index contributed by atoms with van der Waals surface area (Å²) >= 11 is 0. The van der Waals surface area contributed by atoms with E-state index < -0.39 is 57.4 Å². The molecule has 4 N–H and O–H groups in total. The topological polar surface area (TPSA) is 217 Å². The van der Waals surface area contributed by atoms with Crippen LogP contribution in [0.25, 0.3) is 22.4 Å². The van der Waals surface area contributed by atoms with Crippen molar-refractivity contribution in [2.45, 2.75) is 83.1 Å². The van der Waals surface area contributed by atoms with E-state index >= 15 is 0 Å². The molecule has 3 saturated heterocycles. The molecule has 4 aliphatic heterocycles. The van der Waals surface area contributed by atoms with Crippen LogP contribution >= 0.6 is 0 Å². The summed E-state index contributed by atoms with van der Waals surface area (Å²) in [5.41, 5.74) is 3.37. The fourth-order valence-electron chi connectivity index (χ4n) is 9.22. The second kappa shape index (κ2) is 17.3. The molecule has 4 aliphatic rings. The van der Waals surface area contributed by atoms with Crippen LogP contribution in [0.5, 0.6) is 0 Å². The number of fused-ring (bicyclic) bond motifs is 3. The number of methoxy groups -OCH3 is 2. The molecule has 1 spiro atoms. The molecule has 0 bridgehead atoms. The number of alkyl carbamates (subject to hydrolysis) is 2. The van der Waals surface area contributed by atoms with E-state index in [0.29, 0.717) is 24.9 Å². The molecule has 5 amide bonds. The highest BCUT2D eigenvalue weighted by Crippen LogP contribution is 2.44. The number of amides is 5. The molecule has 18 heteroatoms. The summed E-state index contributed by atoms with van der Waals surface area (Å²) in [5.74, 6) is -0.972. The van der Waals surface area contributed by atoms with Crippen LogP contribution in [-0.4, -0.2) is 122 Å². The first-order chi connectivity index (χ1) is 29.0. The number of benzene rings is 2. The monoisotopic (exact) mass is 860 g/mol. The molecule has 5 atom stereocenters. The van der Waals surface area contributed by atoms with Gasteiger partial charge in [0.05, 0.1) is 32.3 Å². The lowest BCUT2D eigenvalue weighted by Crippen LogP contribution is -2.55. The lowest BCUT2D eigenvalue weighted by atomic mass is 9.80. The summed E-state index contributed by atoms with van der Waals surface area (Å²) < 4.78 is 36.2. The average molecular weight is 861 g/mol. The molecule has 0 saturated carbocycles. The van der Waals surface area contributed by atoms with Gasteiger partial charge >= 0.3 is 12.2 Å². The number of imidazole rings is 1. The fraction of sp³-hybridized carbons (Fsp3) is 0.512. The van der Waals surface area contributed by atoms with Gasteiger partial charge in [0, 0.05) is 24.2 Å². The number of carbonyl (C=O) groups is 6. The number of hydrogen-bond acceptors (Lipinski definition) is 10. The maximum absolute atomic E-state index is 13.9. The molecule has 7 rings (SSSR count). The van der Waals surface area contributed by atoms with E-state index in [2.05, 4.69) is 20.9 Å². The first-order valence-corrected chi connectivity index (χ1v) is 22.5. The number of nitrogens with one attached hydrogen (secondary N) is 4. The molecule has 2 aromatic carbocycles. The van der Waals surface area contributed by atoms with Gasteiger partial charge in [-0.3, -0.25) is 19.2 Å². The van der Waals surface area contributed by atoms with E-state index in [1.807, 2.05) is 59.0 Å². The van der Waals surface area contributed by atoms with Crippen LogP contribution in [0.4, 0.5) is 9.59 Å². The van der Waals surface area contributed by atoms with Gasteiger partial charge in [-0.1, -0.05) is 50.2 Å². The first-order valence-electron chi connectivity index (χ1n) is 20.7. The third-order valence-electron chi connectivity index (χ3n) is 12.8. The maximum Gasteiger partial charge on any atom is 0.407 e. The Balaban J connectivity index is 1.02. The van der Waals surface area contributed by atoms with Gasteiger partial charge in [0.25, 0.3) is 5.82 Å². The van der Waals surface area contributed by atoms with Crippen LogP contribution in [0.1, 0.15) is 81.1 Å². The minimum absolute atomic E-state index is 0.0360. The van der Waals surface area contributed by atoms with E-state index in [-0.39, 0.29) is 60.7 Å². The zero-order valence-electron chi connectivity index (χ0n) is 35.1. The van der Waals surface area contributed by atoms with E-state index in [1.165, 1.54) is 19.1 Å². The van der Waals surface area contributed by atoms with E-state index in [9.17, 15) is 37.2 Å². The number of aromatic amines is 1. The summed E-state index contributed by atoms with van der Waals surface area (Å²) in [7, 11) is -0.751. The Morgan fingerprint density at radius 3 is 2.18 bits per heavy atom.